The number of nitrogens with one attached hydrogen (secondary N) is 1. The third kappa shape index (κ3) is 3.34. The second-order valence-electron chi connectivity index (χ2n) is 5.98. The van der Waals surface area contributed by atoms with Crippen molar-refractivity contribution in [1.29, 1.82) is 0 Å². The first-order valence-corrected chi connectivity index (χ1v) is 9.22. The van der Waals surface area contributed by atoms with Gasteiger partial charge in [0, 0.05) is 18.5 Å². The van der Waals surface area contributed by atoms with Crippen molar-refractivity contribution in [2.24, 2.45) is 0 Å². The molecular formula is C16H19N3O4S. The number of hydrogen-bond donors (Lipinski definition) is 1. The summed E-state index contributed by atoms with van der Waals surface area (Å²) in [5.41, 5.74) is 1.90. The molecule has 1 aromatic rings. The minimum absolute atomic E-state index is 0.0184. The Morgan fingerprint density at radius 3 is 2.54 bits per heavy atom. The molecule has 0 radical (unpaired) electrons. The fraction of sp³-hybridized carbons (Fsp3) is 0.375. The Kier molecular flexibility index (Phi) is 4.42. The molecule has 0 saturated carbocycles. The molecule has 0 spiro atoms. The van der Waals surface area contributed by atoms with Crippen molar-refractivity contribution in [3.63, 3.8) is 0 Å². The second kappa shape index (κ2) is 6.37. The molecule has 3 rings (SSSR count). The van der Waals surface area contributed by atoms with Crippen LogP contribution in [0.2, 0.25) is 0 Å². The van der Waals surface area contributed by atoms with Crippen molar-refractivity contribution in [2.75, 3.05) is 19.6 Å². The topological polar surface area (TPSA) is 86.8 Å². The Morgan fingerprint density at radius 2 is 1.92 bits per heavy atom. The summed E-state index contributed by atoms with van der Waals surface area (Å²) in [5, 5.41) is 3.63. The van der Waals surface area contributed by atoms with Gasteiger partial charge in [0.05, 0.1) is 12.6 Å². The van der Waals surface area contributed by atoms with Gasteiger partial charge < -0.3 is 5.32 Å². The van der Waals surface area contributed by atoms with Crippen LogP contribution in [0.5, 0.6) is 0 Å². The third-order valence-corrected chi connectivity index (χ3v) is 5.77. The minimum Gasteiger partial charge on any atom is -0.329 e. The molecule has 1 N–H and O–H groups in total. The fourth-order valence-electron chi connectivity index (χ4n) is 2.88. The number of carbonyl (C=O) groups excluding carboxylic acids is 2. The number of rotatable bonds is 4. The van der Waals surface area contributed by atoms with E-state index in [4.69, 9.17) is 0 Å². The molecule has 3 amide bonds. The van der Waals surface area contributed by atoms with Gasteiger partial charge in [-0.2, -0.15) is 4.31 Å². The lowest BCUT2D eigenvalue weighted by molar-refractivity contribution is -0.126. The SMILES string of the molecule is Cc1ccc(/C=C/S(=O)(=O)N2CCC(N3C(=O)CNC3=O)C2)cc1. The molecule has 7 nitrogen and oxygen atoms in total. The molecule has 2 fully saturated rings. The Hall–Kier alpha value is -2.19. The molecule has 1 aromatic carbocycles. The lowest BCUT2D eigenvalue weighted by atomic mass is 10.2. The maximum Gasteiger partial charge on any atom is 0.324 e. The van der Waals surface area contributed by atoms with Gasteiger partial charge in [0.15, 0.2) is 0 Å². The summed E-state index contributed by atoms with van der Waals surface area (Å²) in [7, 11) is -3.58. The van der Waals surface area contributed by atoms with Gasteiger partial charge in [0.25, 0.3) is 0 Å². The largest absolute Gasteiger partial charge is 0.329 e. The number of nitrogens with zero attached hydrogens (tertiary/aromatic N) is 2. The van der Waals surface area contributed by atoms with E-state index in [0.29, 0.717) is 13.0 Å². The van der Waals surface area contributed by atoms with Crippen molar-refractivity contribution in [1.82, 2.24) is 14.5 Å². The molecule has 0 aromatic heterocycles. The van der Waals surface area contributed by atoms with Crippen LogP contribution in [0.1, 0.15) is 17.5 Å². The highest BCUT2D eigenvalue weighted by Gasteiger charge is 2.40. The van der Waals surface area contributed by atoms with Gasteiger partial charge in [-0.1, -0.05) is 29.8 Å². The van der Waals surface area contributed by atoms with Gasteiger partial charge in [-0.15, -0.1) is 0 Å². The van der Waals surface area contributed by atoms with E-state index >= 15 is 0 Å². The summed E-state index contributed by atoms with van der Waals surface area (Å²) in [4.78, 5) is 24.5. The van der Waals surface area contributed by atoms with Crippen LogP contribution in [0, 0.1) is 6.92 Å². The van der Waals surface area contributed by atoms with Crippen molar-refractivity contribution in [3.05, 3.63) is 40.8 Å². The summed E-state index contributed by atoms with van der Waals surface area (Å²) < 4.78 is 26.2. The van der Waals surface area contributed by atoms with Crippen LogP contribution >= 0.6 is 0 Å². The predicted molar refractivity (Wildman–Crippen MR) is 89.4 cm³/mol. The average molecular weight is 349 g/mol. The maximum atomic E-state index is 12.4. The van der Waals surface area contributed by atoms with Crippen molar-refractivity contribution >= 4 is 28.0 Å². The van der Waals surface area contributed by atoms with Gasteiger partial charge >= 0.3 is 6.03 Å². The second-order valence-corrected chi connectivity index (χ2v) is 7.80. The van der Waals surface area contributed by atoms with E-state index < -0.39 is 22.1 Å². The highest BCUT2D eigenvalue weighted by molar-refractivity contribution is 7.92. The van der Waals surface area contributed by atoms with Crippen molar-refractivity contribution in [2.45, 2.75) is 19.4 Å². The zero-order chi connectivity index (χ0) is 17.3. The Morgan fingerprint density at radius 1 is 1.21 bits per heavy atom. The molecule has 24 heavy (non-hydrogen) atoms. The molecule has 1 atom stereocenters. The van der Waals surface area contributed by atoms with Gasteiger partial charge in [0.1, 0.15) is 0 Å². The number of sulfonamides is 1. The summed E-state index contributed by atoms with van der Waals surface area (Å²) in [6.45, 7) is 2.38. The Bertz CT molecular complexity index is 770. The standard InChI is InChI=1S/C16H19N3O4S/c1-12-2-4-13(5-3-12)7-9-24(22,23)18-8-6-14(11-18)19-15(20)10-17-16(19)21/h2-5,7,9,14H,6,8,10-11H2,1H3,(H,17,21)/b9-7+. The van der Waals surface area contributed by atoms with Gasteiger partial charge in [-0.05, 0) is 25.0 Å². The fourth-order valence-corrected chi connectivity index (χ4v) is 4.13. The summed E-state index contributed by atoms with van der Waals surface area (Å²) >= 11 is 0. The molecular weight excluding hydrogens is 330 g/mol. The normalized spacial score (nSPS) is 22.5. The zero-order valence-corrected chi connectivity index (χ0v) is 14.1. The highest BCUT2D eigenvalue weighted by atomic mass is 32.2. The van der Waals surface area contributed by atoms with Crippen LogP contribution in [0.4, 0.5) is 4.79 Å². The minimum atomic E-state index is -3.58. The van der Waals surface area contributed by atoms with Crippen LogP contribution in [0.25, 0.3) is 6.08 Å². The van der Waals surface area contributed by atoms with Gasteiger partial charge in [0.2, 0.25) is 15.9 Å². The molecule has 0 bridgehead atoms. The zero-order valence-electron chi connectivity index (χ0n) is 13.3. The van der Waals surface area contributed by atoms with Crippen molar-refractivity contribution < 1.29 is 18.0 Å². The third-order valence-electron chi connectivity index (χ3n) is 4.24. The Labute approximate surface area is 141 Å². The average Bonchev–Trinajstić information content (AvgIpc) is 3.14. The monoisotopic (exact) mass is 349 g/mol. The van der Waals surface area contributed by atoms with Gasteiger partial charge in [-0.25, -0.2) is 13.2 Å². The van der Waals surface area contributed by atoms with E-state index in [2.05, 4.69) is 5.32 Å². The molecule has 2 heterocycles. The Balaban J connectivity index is 1.69. The number of amides is 3. The van der Waals surface area contributed by atoms with Crippen LogP contribution in [-0.2, 0) is 14.8 Å². The number of benzene rings is 1. The van der Waals surface area contributed by atoms with E-state index in [9.17, 15) is 18.0 Å². The molecule has 2 saturated heterocycles. The summed E-state index contributed by atoms with van der Waals surface area (Å²) in [5.74, 6) is -0.306. The predicted octanol–water partition coefficient (Wildman–Crippen LogP) is 0.922. The lowest BCUT2D eigenvalue weighted by Gasteiger charge is -2.20. The summed E-state index contributed by atoms with van der Waals surface area (Å²) in [6, 6.07) is 6.68. The number of hydrogen-bond acceptors (Lipinski definition) is 4. The molecule has 0 aliphatic carbocycles. The lowest BCUT2D eigenvalue weighted by Crippen LogP contribution is -2.42. The molecule has 1 unspecified atom stereocenters. The van der Waals surface area contributed by atoms with Crippen LogP contribution < -0.4 is 5.32 Å². The molecule has 2 aliphatic rings. The van der Waals surface area contributed by atoms with E-state index in [1.807, 2.05) is 31.2 Å². The quantitative estimate of drug-likeness (QED) is 0.819. The number of imide groups is 1. The van der Waals surface area contributed by atoms with E-state index in [-0.39, 0.29) is 19.0 Å². The molecule has 2 aliphatic heterocycles. The summed E-state index contributed by atoms with van der Waals surface area (Å²) in [6.07, 6.45) is 2.01. The number of carbonyl (C=O) groups is 2. The molecule has 128 valence electrons. The van der Waals surface area contributed by atoms with E-state index in [1.54, 1.807) is 6.08 Å². The first-order valence-electron chi connectivity index (χ1n) is 7.71. The van der Waals surface area contributed by atoms with Crippen molar-refractivity contribution in [3.8, 4) is 0 Å². The first kappa shape index (κ1) is 16.7. The van der Waals surface area contributed by atoms with Gasteiger partial charge in [-0.3, -0.25) is 9.69 Å². The van der Waals surface area contributed by atoms with E-state index in [1.165, 1.54) is 9.71 Å². The maximum absolute atomic E-state index is 12.4. The van der Waals surface area contributed by atoms with E-state index in [0.717, 1.165) is 16.0 Å². The number of urea groups is 1. The van der Waals surface area contributed by atoms with Crippen LogP contribution in [0.3, 0.4) is 0 Å². The smallest absolute Gasteiger partial charge is 0.324 e. The molecule has 8 heteroatoms. The highest BCUT2D eigenvalue weighted by Crippen LogP contribution is 2.22. The number of aryl methyl sites for hydroxylation is 1. The van der Waals surface area contributed by atoms with Crippen LogP contribution in [0.15, 0.2) is 29.7 Å². The first-order chi connectivity index (χ1) is 11.4. The van der Waals surface area contributed by atoms with Crippen LogP contribution in [-0.4, -0.2) is 55.2 Å².